The van der Waals surface area contributed by atoms with Crippen LogP contribution in [0.1, 0.15) is 22.3 Å². The Morgan fingerprint density at radius 1 is 0.500 bits per heavy atom. The average Bonchev–Trinajstić information content (AvgIpc) is 2.66. The number of hydrogen-bond acceptors (Lipinski definition) is 8. The van der Waals surface area contributed by atoms with Crippen molar-refractivity contribution in [1.82, 2.24) is 0 Å². The fourth-order valence-electron chi connectivity index (χ4n) is 3.11. The molecule has 36 heavy (non-hydrogen) atoms. The minimum atomic E-state index is -5.56. The van der Waals surface area contributed by atoms with Gasteiger partial charge in [-0.2, -0.15) is 8.62 Å². The van der Waals surface area contributed by atoms with E-state index < -0.39 is 42.8 Å². The number of rotatable bonds is 16. The summed E-state index contributed by atoms with van der Waals surface area (Å²) < 4.78 is 64.8. The van der Waals surface area contributed by atoms with Gasteiger partial charge in [-0.15, -0.1) is 46.4 Å². The van der Waals surface area contributed by atoms with Crippen LogP contribution in [0.4, 0.5) is 0 Å². The summed E-state index contributed by atoms with van der Waals surface area (Å²) in [6.45, 7) is 0. The van der Waals surface area contributed by atoms with E-state index in [0.29, 0.717) is 0 Å². The van der Waals surface area contributed by atoms with Gasteiger partial charge in [0.15, 0.2) is 0 Å². The second-order valence-electron chi connectivity index (χ2n) is 6.59. The Bertz CT molecular complexity index is 1030. The Balaban J connectivity index is 4.08. The molecule has 210 valence electrons. The number of phosphoric ester groups is 2. The van der Waals surface area contributed by atoms with Crippen LogP contribution in [0.15, 0.2) is 0 Å². The monoisotopic (exact) mass is 678 g/mol. The van der Waals surface area contributed by atoms with Crippen LogP contribution >= 0.6 is 77.7 Å². The summed E-state index contributed by atoms with van der Waals surface area (Å²) in [6, 6.07) is 0. The maximum Gasteiger partial charge on any atom is 0.536 e. The third-order valence-corrected chi connectivity index (χ3v) is 8.97. The molecule has 14 nitrogen and oxygen atoms in total. The van der Waals surface area contributed by atoms with Crippen molar-refractivity contribution in [2.75, 3.05) is 23.5 Å². The second-order valence-corrected chi connectivity index (χ2v) is 13.6. The van der Waals surface area contributed by atoms with Gasteiger partial charge < -0.3 is 28.6 Å². The van der Waals surface area contributed by atoms with Crippen molar-refractivity contribution < 1.29 is 65.3 Å². The standard InChI is InChI=1S/C14H22Cl4O14P4/c15-5-1-9-10(2-6-16)13(29-35(25,26)31-33(19,20)21)12(4-8-18)14(11(9)3-7-17)30-36(27,28)32-34(22,23)24/h1-8H2,(H,25,26)(H,27,28)(H2,19,20,21)(H2,22,23,24). The van der Waals surface area contributed by atoms with Crippen LogP contribution in [0.5, 0.6) is 11.5 Å². The third-order valence-electron chi connectivity index (χ3n) is 4.04. The summed E-state index contributed by atoms with van der Waals surface area (Å²) in [4.78, 5) is 55.8. The Labute approximate surface area is 225 Å². The summed E-state index contributed by atoms with van der Waals surface area (Å²) in [5, 5.41) is 0. The minimum absolute atomic E-state index is 0.0297. The first-order valence-electron chi connectivity index (χ1n) is 9.42. The summed E-state index contributed by atoms with van der Waals surface area (Å²) in [5.74, 6) is -1.76. The molecule has 0 fully saturated rings. The highest BCUT2D eigenvalue weighted by molar-refractivity contribution is 7.61. The van der Waals surface area contributed by atoms with Gasteiger partial charge in [0, 0.05) is 40.2 Å². The van der Waals surface area contributed by atoms with Crippen molar-refractivity contribution in [2.45, 2.75) is 25.7 Å². The van der Waals surface area contributed by atoms with Crippen LogP contribution in [-0.2, 0) is 52.6 Å². The molecule has 6 N–H and O–H groups in total. The first-order chi connectivity index (χ1) is 16.4. The maximum absolute atomic E-state index is 12.4. The molecule has 0 heterocycles. The number of hydrogen-bond donors (Lipinski definition) is 6. The van der Waals surface area contributed by atoms with Crippen LogP contribution < -0.4 is 9.05 Å². The fourth-order valence-corrected chi connectivity index (χ4v) is 7.19. The van der Waals surface area contributed by atoms with Gasteiger partial charge in [-0.25, -0.2) is 18.3 Å². The minimum Gasteiger partial charge on any atom is -0.403 e. The highest BCUT2D eigenvalue weighted by Gasteiger charge is 2.39. The maximum atomic E-state index is 12.4. The van der Waals surface area contributed by atoms with Gasteiger partial charge in [0.25, 0.3) is 0 Å². The molecule has 0 spiro atoms. The van der Waals surface area contributed by atoms with Gasteiger partial charge in [-0.3, -0.25) is 9.79 Å². The molecule has 0 saturated carbocycles. The molecule has 2 unspecified atom stereocenters. The first kappa shape index (κ1) is 34.6. The smallest absolute Gasteiger partial charge is 0.403 e. The molecule has 0 aliphatic rings. The van der Waals surface area contributed by atoms with E-state index in [-0.39, 0.29) is 71.5 Å². The zero-order chi connectivity index (χ0) is 27.9. The normalized spacial score (nSPS) is 15.8. The number of halogens is 4. The fraction of sp³-hybridized carbons (Fsp3) is 0.571. The molecule has 2 atom stereocenters. The van der Waals surface area contributed by atoms with Crippen LogP contribution in [0.2, 0.25) is 0 Å². The van der Waals surface area contributed by atoms with E-state index in [1.807, 2.05) is 0 Å². The van der Waals surface area contributed by atoms with Gasteiger partial charge in [-0.1, -0.05) is 0 Å². The molecular formula is C14H22Cl4O14P4. The molecule has 1 rings (SSSR count). The highest BCUT2D eigenvalue weighted by Crippen LogP contribution is 2.61. The van der Waals surface area contributed by atoms with Crippen LogP contribution in [-0.4, -0.2) is 52.9 Å². The van der Waals surface area contributed by atoms with Crippen molar-refractivity contribution in [3.05, 3.63) is 22.3 Å². The summed E-state index contributed by atoms with van der Waals surface area (Å²) in [7, 11) is -22.2. The van der Waals surface area contributed by atoms with Crippen molar-refractivity contribution in [2.24, 2.45) is 0 Å². The van der Waals surface area contributed by atoms with Gasteiger partial charge in [0.2, 0.25) is 0 Å². The molecular weight excluding hydrogens is 658 g/mol. The largest absolute Gasteiger partial charge is 0.536 e. The lowest BCUT2D eigenvalue weighted by atomic mass is 9.89. The van der Waals surface area contributed by atoms with Gasteiger partial charge in [0.05, 0.1) is 0 Å². The van der Waals surface area contributed by atoms with Crippen molar-refractivity contribution in [1.29, 1.82) is 0 Å². The first-order valence-corrected chi connectivity index (χ1v) is 17.6. The van der Waals surface area contributed by atoms with Gasteiger partial charge >= 0.3 is 31.3 Å². The predicted molar refractivity (Wildman–Crippen MR) is 131 cm³/mol. The van der Waals surface area contributed by atoms with E-state index in [9.17, 15) is 28.0 Å². The molecule has 0 saturated heterocycles. The lowest BCUT2D eigenvalue weighted by Gasteiger charge is -2.27. The van der Waals surface area contributed by atoms with E-state index in [2.05, 4.69) is 8.62 Å². The molecule has 0 bridgehead atoms. The molecule has 0 aliphatic heterocycles. The van der Waals surface area contributed by atoms with E-state index in [1.165, 1.54) is 0 Å². The van der Waals surface area contributed by atoms with Crippen molar-refractivity contribution in [3.63, 3.8) is 0 Å². The van der Waals surface area contributed by atoms with E-state index in [0.717, 1.165) is 0 Å². The second kappa shape index (κ2) is 14.3. The van der Waals surface area contributed by atoms with E-state index in [4.69, 9.17) is 75.0 Å². The molecule has 0 aromatic heterocycles. The van der Waals surface area contributed by atoms with E-state index >= 15 is 0 Å². The number of alkyl halides is 4. The Hall–Kier alpha value is 0.580. The van der Waals surface area contributed by atoms with Crippen molar-refractivity contribution >= 4 is 77.7 Å². The molecule has 0 radical (unpaired) electrons. The predicted octanol–water partition coefficient (Wildman–Crippen LogP) is 3.99. The Morgan fingerprint density at radius 3 is 1.06 bits per heavy atom. The molecule has 1 aromatic rings. The number of benzene rings is 1. The van der Waals surface area contributed by atoms with Gasteiger partial charge in [-0.05, 0) is 31.2 Å². The summed E-state index contributed by atoms with van der Waals surface area (Å²) in [6.07, 6.45) is -0.527. The Kier molecular flexibility index (Phi) is 13.7. The number of phosphoric acid groups is 4. The SMILES string of the molecule is O=P(O)(O)OP(=O)(O)Oc1c(CCCl)c(CCCl)c(CCCl)c(OP(=O)(O)OP(=O)(O)O)c1CCCl. The molecule has 22 heteroatoms. The third kappa shape index (κ3) is 11.4. The van der Waals surface area contributed by atoms with Crippen molar-refractivity contribution in [3.8, 4) is 11.5 Å². The lowest BCUT2D eigenvalue weighted by molar-refractivity contribution is 0.227. The lowest BCUT2D eigenvalue weighted by Crippen LogP contribution is -2.14. The van der Waals surface area contributed by atoms with Crippen LogP contribution in [0.3, 0.4) is 0 Å². The van der Waals surface area contributed by atoms with E-state index in [1.54, 1.807) is 0 Å². The average molecular weight is 680 g/mol. The molecule has 1 aromatic carbocycles. The Morgan fingerprint density at radius 2 is 0.778 bits per heavy atom. The quantitative estimate of drug-likeness (QED) is 0.107. The van der Waals surface area contributed by atoms with Crippen LogP contribution in [0.25, 0.3) is 0 Å². The topological polar surface area (TPSA) is 227 Å². The highest BCUT2D eigenvalue weighted by atomic mass is 35.5. The van der Waals surface area contributed by atoms with Gasteiger partial charge in [0.1, 0.15) is 11.5 Å². The zero-order valence-corrected chi connectivity index (χ0v) is 24.5. The van der Waals surface area contributed by atoms with Crippen LogP contribution in [0, 0.1) is 0 Å². The summed E-state index contributed by atoms with van der Waals surface area (Å²) >= 11 is 23.5. The summed E-state index contributed by atoms with van der Waals surface area (Å²) in [5.41, 5.74) is 0.0636. The zero-order valence-electron chi connectivity index (χ0n) is 17.9. The molecule has 0 amide bonds. The molecule has 0 aliphatic carbocycles.